The zero-order valence-corrected chi connectivity index (χ0v) is 20.5. The lowest BCUT2D eigenvalue weighted by atomic mass is 10.1. The Morgan fingerprint density at radius 1 is 1.09 bits per heavy atom. The van der Waals surface area contributed by atoms with Crippen molar-refractivity contribution in [2.75, 3.05) is 0 Å². The van der Waals surface area contributed by atoms with Crippen LogP contribution in [0.2, 0.25) is 0 Å². The Morgan fingerprint density at radius 2 is 1.91 bits per heavy atom. The lowest BCUT2D eigenvalue weighted by Gasteiger charge is -2.15. The third kappa shape index (κ3) is 5.22. The molecule has 1 unspecified atom stereocenters. The third-order valence-electron chi connectivity index (χ3n) is 5.24. The Bertz CT molecular complexity index is 1170. The Kier molecular flexibility index (Phi) is 7.27. The van der Waals surface area contributed by atoms with Gasteiger partial charge in [-0.15, -0.1) is 21.5 Å². The summed E-state index contributed by atoms with van der Waals surface area (Å²) in [5.74, 6) is 2.45. The maximum Gasteiger partial charge on any atom is 0.191 e. The average molecular weight is 465 g/mol. The monoisotopic (exact) mass is 464 g/mol. The van der Waals surface area contributed by atoms with Gasteiger partial charge in [-0.05, 0) is 51.0 Å². The van der Waals surface area contributed by atoms with Crippen LogP contribution in [0.5, 0.6) is 5.75 Å². The third-order valence-corrected chi connectivity index (χ3v) is 7.18. The van der Waals surface area contributed by atoms with Crippen molar-refractivity contribution in [3.05, 3.63) is 76.6 Å². The fourth-order valence-electron chi connectivity index (χ4n) is 3.49. The van der Waals surface area contributed by atoms with Gasteiger partial charge in [-0.25, -0.2) is 4.98 Å². The lowest BCUT2D eigenvalue weighted by Crippen LogP contribution is -2.12. The van der Waals surface area contributed by atoms with Crippen molar-refractivity contribution in [2.45, 2.75) is 57.7 Å². The number of aromatic nitrogens is 4. The van der Waals surface area contributed by atoms with Crippen molar-refractivity contribution in [2.24, 2.45) is 0 Å². The molecule has 0 aliphatic carbocycles. The van der Waals surface area contributed by atoms with Crippen molar-refractivity contribution in [1.29, 1.82) is 0 Å². The first kappa shape index (κ1) is 22.6. The number of hydrogen-bond donors (Lipinski definition) is 0. The van der Waals surface area contributed by atoms with E-state index in [-0.39, 0.29) is 6.10 Å². The molecule has 0 bridgehead atoms. The normalized spacial score (nSPS) is 12.1. The maximum absolute atomic E-state index is 6.14. The van der Waals surface area contributed by atoms with Crippen molar-refractivity contribution in [3.63, 3.8) is 0 Å². The Balaban J connectivity index is 1.42. The number of thioether (sulfide) groups is 1. The van der Waals surface area contributed by atoms with Crippen LogP contribution < -0.4 is 4.74 Å². The van der Waals surface area contributed by atoms with Gasteiger partial charge in [-0.1, -0.05) is 54.6 Å². The minimum Gasteiger partial charge on any atom is -0.483 e. The van der Waals surface area contributed by atoms with E-state index in [0.29, 0.717) is 0 Å². The first-order chi connectivity index (χ1) is 15.6. The number of aryl methyl sites for hydroxylation is 2. The van der Waals surface area contributed by atoms with Gasteiger partial charge in [-0.3, -0.25) is 0 Å². The molecule has 0 aliphatic rings. The summed E-state index contributed by atoms with van der Waals surface area (Å²) in [6.07, 6.45) is 0.836. The summed E-state index contributed by atoms with van der Waals surface area (Å²) in [6.45, 7) is 9.18. The van der Waals surface area contributed by atoms with E-state index >= 15 is 0 Å². The van der Waals surface area contributed by atoms with Gasteiger partial charge in [0, 0.05) is 23.2 Å². The van der Waals surface area contributed by atoms with Gasteiger partial charge in [0.1, 0.15) is 10.8 Å². The molecule has 0 spiro atoms. The molecule has 7 heteroatoms. The van der Waals surface area contributed by atoms with Gasteiger partial charge in [0.05, 0.1) is 5.69 Å². The summed E-state index contributed by atoms with van der Waals surface area (Å²) in [5, 5.41) is 13.0. The molecule has 4 rings (SSSR count). The molecule has 0 aliphatic heterocycles. The molecule has 5 nitrogen and oxygen atoms in total. The largest absolute Gasteiger partial charge is 0.483 e. The van der Waals surface area contributed by atoms with E-state index in [9.17, 15) is 0 Å². The zero-order valence-electron chi connectivity index (χ0n) is 18.9. The van der Waals surface area contributed by atoms with Crippen LogP contribution >= 0.6 is 23.1 Å². The number of nitrogens with zero attached hydrogens (tertiary/aromatic N) is 4. The van der Waals surface area contributed by atoms with Gasteiger partial charge in [-0.2, -0.15) is 0 Å². The molecule has 2 heterocycles. The summed E-state index contributed by atoms with van der Waals surface area (Å²) < 4.78 is 8.27. The number of hydrogen-bond acceptors (Lipinski definition) is 6. The standard InChI is InChI=1S/C25H28N4OS2/c1-5-19-10-12-22(13-11-19)30-18(4)23-27-28-25(29(23)6-2)32-16-21-15-31-24(26-21)20-9-7-8-17(3)14-20/h7-15,18H,5-6,16H2,1-4H3. The molecule has 1 atom stereocenters. The van der Waals surface area contributed by atoms with Crippen LogP contribution in [0.3, 0.4) is 0 Å². The van der Waals surface area contributed by atoms with Crippen LogP contribution in [-0.4, -0.2) is 19.7 Å². The van der Waals surface area contributed by atoms with Gasteiger partial charge in [0.15, 0.2) is 17.1 Å². The summed E-state index contributed by atoms with van der Waals surface area (Å²) in [5.41, 5.74) is 4.77. The molecule has 0 saturated heterocycles. The molecule has 0 amide bonds. The number of ether oxygens (including phenoxy) is 1. The van der Waals surface area contributed by atoms with Crippen LogP contribution in [0.1, 0.15) is 49.5 Å². The molecule has 0 N–H and O–H groups in total. The van der Waals surface area contributed by atoms with E-state index in [1.54, 1.807) is 23.1 Å². The molecule has 2 aromatic carbocycles. The minimum absolute atomic E-state index is 0.184. The zero-order chi connectivity index (χ0) is 22.5. The molecular weight excluding hydrogens is 436 g/mol. The highest BCUT2D eigenvalue weighted by Crippen LogP contribution is 2.29. The highest BCUT2D eigenvalue weighted by Gasteiger charge is 2.19. The van der Waals surface area contributed by atoms with Crippen LogP contribution in [0.15, 0.2) is 59.1 Å². The smallest absolute Gasteiger partial charge is 0.191 e. The van der Waals surface area contributed by atoms with Crippen LogP contribution in [0.4, 0.5) is 0 Å². The summed E-state index contributed by atoms with van der Waals surface area (Å²) >= 11 is 3.35. The summed E-state index contributed by atoms with van der Waals surface area (Å²) in [7, 11) is 0. The molecule has 2 aromatic heterocycles. The second-order valence-electron chi connectivity index (χ2n) is 7.64. The van der Waals surface area contributed by atoms with Crippen molar-refractivity contribution in [1.82, 2.24) is 19.7 Å². The van der Waals surface area contributed by atoms with E-state index in [1.165, 1.54) is 16.7 Å². The summed E-state index contributed by atoms with van der Waals surface area (Å²) in [6, 6.07) is 16.7. The lowest BCUT2D eigenvalue weighted by molar-refractivity contribution is 0.210. The molecule has 0 fully saturated rings. The maximum atomic E-state index is 6.14. The predicted octanol–water partition coefficient (Wildman–Crippen LogP) is 6.72. The van der Waals surface area contributed by atoms with Gasteiger partial charge in [0.2, 0.25) is 0 Å². The van der Waals surface area contributed by atoms with E-state index < -0.39 is 0 Å². The number of rotatable bonds is 9. The first-order valence-corrected chi connectivity index (χ1v) is 12.8. The predicted molar refractivity (Wildman–Crippen MR) is 132 cm³/mol. The molecular formula is C25H28N4OS2. The van der Waals surface area contributed by atoms with Crippen LogP contribution in [-0.2, 0) is 18.7 Å². The molecule has 0 saturated carbocycles. The highest BCUT2D eigenvalue weighted by atomic mass is 32.2. The SMILES string of the molecule is CCc1ccc(OC(C)c2nnc(SCc3csc(-c4cccc(C)c4)n3)n2CC)cc1. The Labute approximate surface area is 197 Å². The van der Waals surface area contributed by atoms with E-state index in [0.717, 1.165) is 46.2 Å². The van der Waals surface area contributed by atoms with Crippen molar-refractivity contribution < 1.29 is 4.74 Å². The molecule has 166 valence electrons. The second kappa shape index (κ2) is 10.3. The van der Waals surface area contributed by atoms with Gasteiger partial charge < -0.3 is 9.30 Å². The minimum atomic E-state index is -0.184. The van der Waals surface area contributed by atoms with Gasteiger partial charge >= 0.3 is 0 Å². The highest BCUT2D eigenvalue weighted by molar-refractivity contribution is 7.98. The summed E-state index contributed by atoms with van der Waals surface area (Å²) in [4.78, 5) is 4.82. The van der Waals surface area contributed by atoms with Crippen molar-refractivity contribution >= 4 is 23.1 Å². The molecule has 4 aromatic rings. The van der Waals surface area contributed by atoms with Crippen molar-refractivity contribution in [3.8, 4) is 16.3 Å². The fourth-order valence-corrected chi connectivity index (χ4v) is 5.31. The first-order valence-electron chi connectivity index (χ1n) is 10.9. The fraction of sp³-hybridized carbons (Fsp3) is 0.320. The Morgan fingerprint density at radius 3 is 2.62 bits per heavy atom. The van der Waals surface area contributed by atoms with Crippen LogP contribution in [0, 0.1) is 6.92 Å². The van der Waals surface area contributed by atoms with E-state index in [2.05, 4.69) is 77.3 Å². The topological polar surface area (TPSA) is 52.8 Å². The average Bonchev–Trinajstić information content (AvgIpc) is 3.45. The van der Waals surface area contributed by atoms with Gasteiger partial charge in [0.25, 0.3) is 0 Å². The van der Waals surface area contributed by atoms with E-state index in [4.69, 9.17) is 9.72 Å². The van der Waals surface area contributed by atoms with E-state index in [1.807, 2.05) is 19.1 Å². The molecule has 32 heavy (non-hydrogen) atoms. The number of benzene rings is 2. The Hall–Kier alpha value is -2.64. The number of thiazole rings is 1. The van der Waals surface area contributed by atoms with Crippen LogP contribution in [0.25, 0.3) is 10.6 Å². The molecule has 0 radical (unpaired) electrons. The second-order valence-corrected chi connectivity index (χ2v) is 9.45. The quantitative estimate of drug-likeness (QED) is 0.257.